The molecule has 6 aromatic rings. The fourth-order valence-corrected chi connectivity index (χ4v) is 7.87. The van der Waals surface area contributed by atoms with Crippen LogP contribution < -0.4 is 9.47 Å². The molecule has 0 spiro atoms. The van der Waals surface area contributed by atoms with Crippen molar-refractivity contribution in [1.29, 1.82) is 0 Å². The van der Waals surface area contributed by atoms with Gasteiger partial charge in [-0.3, -0.25) is 4.79 Å². The molecular formula is C42H45N3O4S. The predicted molar refractivity (Wildman–Crippen MR) is 201 cm³/mol. The molecular weight excluding hydrogens is 643 g/mol. The third-order valence-electron chi connectivity index (χ3n) is 9.96. The number of esters is 1. The van der Waals surface area contributed by atoms with Crippen LogP contribution in [0, 0.1) is 11.3 Å². The molecule has 0 amide bonds. The Balaban J connectivity index is 1.27. The molecule has 1 saturated carbocycles. The van der Waals surface area contributed by atoms with Gasteiger partial charge < -0.3 is 18.8 Å². The van der Waals surface area contributed by atoms with Crippen molar-refractivity contribution in [3.8, 4) is 22.8 Å². The molecule has 0 bridgehead atoms. The molecule has 3 heterocycles. The first-order valence-corrected chi connectivity index (χ1v) is 18.5. The second-order valence-corrected chi connectivity index (χ2v) is 15.1. The maximum absolute atomic E-state index is 13.3. The van der Waals surface area contributed by atoms with E-state index in [-0.39, 0.29) is 12.1 Å². The lowest BCUT2D eigenvalue weighted by molar-refractivity contribution is -0.153. The molecule has 258 valence electrons. The van der Waals surface area contributed by atoms with Gasteiger partial charge in [0, 0.05) is 47.4 Å². The highest BCUT2D eigenvalue weighted by Gasteiger charge is 2.34. The van der Waals surface area contributed by atoms with Crippen LogP contribution in [0.25, 0.3) is 32.2 Å². The second-order valence-electron chi connectivity index (χ2n) is 14.0. The van der Waals surface area contributed by atoms with Gasteiger partial charge in [0.1, 0.15) is 16.9 Å². The zero-order valence-electron chi connectivity index (χ0n) is 29.6. The number of ether oxygens (including phenoxy) is 3. The molecule has 0 radical (unpaired) electrons. The van der Waals surface area contributed by atoms with Crippen molar-refractivity contribution in [2.45, 2.75) is 72.4 Å². The van der Waals surface area contributed by atoms with Crippen molar-refractivity contribution >= 4 is 38.4 Å². The van der Waals surface area contributed by atoms with E-state index in [1.807, 2.05) is 57.3 Å². The topological polar surface area (TPSA) is 75.5 Å². The van der Waals surface area contributed by atoms with Gasteiger partial charge in [0.15, 0.2) is 0 Å². The number of nitrogens with zero attached hydrogens (tertiary/aromatic N) is 3. The molecule has 50 heavy (non-hydrogen) atoms. The lowest BCUT2D eigenvalue weighted by atomic mass is 9.79. The van der Waals surface area contributed by atoms with Crippen molar-refractivity contribution in [3.63, 3.8) is 0 Å². The first kappa shape index (κ1) is 33.8. The zero-order chi connectivity index (χ0) is 34.8. The van der Waals surface area contributed by atoms with Crippen LogP contribution in [0.4, 0.5) is 0 Å². The van der Waals surface area contributed by atoms with E-state index >= 15 is 0 Å². The van der Waals surface area contributed by atoms with Crippen LogP contribution in [-0.4, -0.2) is 34.2 Å². The van der Waals surface area contributed by atoms with Gasteiger partial charge in [-0.05, 0) is 93.1 Å². The van der Waals surface area contributed by atoms with Crippen molar-refractivity contribution in [3.05, 3.63) is 107 Å². The molecule has 7 nitrogen and oxygen atoms in total. The summed E-state index contributed by atoms with van der Waals surface area (Å²) < 4.78 is 21.0. The van der Waals surface area contributed by atoms with Crippen LogP contribution in [0.3, 0.4) is 0 Å². The Hall–Kier alpha value is -4.69. The van der Waals surface area contributed by atoms with Crippen LogP contribution in [0.5, 0.6) is 11.6 Å². The van der Waals surface area contributed by atoms with E-state index in [0.717, 1.165) is 44.0 Å². The largest absolute Gasteiger partial charge is 0.484 e. The SMILES string of the molecule is CCOC(=O)C(C)(C)Cc1c(CC2CCC2)c2cc(OC(C)c3nc4ccccc4s3)ccc2n1Cc1ccc(-c2ccc(OC)nc2)cc1. The maximum atomic E-state index is 13.3. The van der Waals surface area contributed by atoms with Gasteiger partial charge in [0.05, 0.1) is 29.3 Å². The zero-order valence-corrected chi connectivity index (χ0v) is 30.4. The lowest BCUT2D eigenvalue weighted by Crippen LogP contribution is -2.30. The highest BCUT2D eigenvalue weighted by atomic mass is 32.1. The molecule has 3 aromatic carbocycles. The Labute approximate surface area is 298 Å². The third kappa shape index (κ3) is 6.99. The number of rotatable bonds is 13. The Kier molecular flexibility index (Phi) is 9.65. The third-order valence-corrected chi connectivity index (χ3v) is 11.2. The molecule has 7 rings (SSSR count). The quantitative estimate of drug-likeness (QED) is 0.113. The molecule has 8 heteroatoms. The highest BCUT2D eigenvalue weighted by molar-refractivity contribution is 7.18. The first-order valence-electron chi connectivity index (χ1n) is 17.6. The van der Waals surface area contributed by atoms with E-state index < -0.39 is 5.41 Å². The van der Waals surface area contributed by atoms with Gasteiger partial charge in [-0.2, -0.15) is 0 Å². The monoisotopic (exact) mass is 687 g/mol. The molecule has 1 unspecified atom stereocenters. The molecule has 1 aliphatic carbocycles. The van der Waals surface area contributed by atoms with Gasteiger partial charge in [0.25, 0.3) is 0 Å². The van der Waals surface area contributed by atoms with E-state index in [1.165, 1.54) is 41.5 Å². The molecule has 0 N–H and O–H groups in total. The van der Waals surface area contributed by atoms with E-state index in [9.17, 15) is 4.79 Å². The summed E-state index contributed by atoms with van der Waals surface area (Å²) in [5.74, 6) is 1.89. The molecule has 1 aliphatic rings. The van der Waals surface area contributed by atoms with Crippen LogP contribution in [0.15, 0.2) is 85.1 Å². The summed E-state index contributed by atoms with van der Waals surface area (Å²) in [6, 6.07) is 27.3. The standard InChI is InChI=1S/C42H45N3O4S/c1-6-48-41(46)42(3,4)24-37-33(22-28-10-9-11-28)34-23-32(49-27(2)40-44-35-12-7-8-13-38(35)50-40)19-20-36(34)45(37)26-29-14-16-30(17-15-29)31-18-21-39(47-5)43-25-31/h7-8,12-21,23,25,27-28H,6,9-11,22,24,26H2,1-5H3. The van der Waals surface area contributed by atoms with E-state index in [2.05, 4.69) is 65.0 Å². The summed E-state index contributed by atoms with van der Waals surface area (Å²) in [4.78, 5) is 22.5. The predicted octanol–water partition coefficient (Wildman–Crippen LogP) is 9.98. The number of carbonyl (C=O) groups is 1. The van der Waals surface area contributed by atoms with E-state index in [0.29, 0.717) is 31.4 Å². The van der Waals surface area contributed by atoms with Crippen molar-refractivity contribution in [1.82, 2.24) is 14.5 Å². The van der Waals surface area contributed by atoms with E-state index in [4.69, 9.17) is 19.2 Å². The number of fused-ring (bicyclic) bond motifs is 2. The number of carbonyl (C=O) groups excluding carboxylic acids is 1. The first-order chi connectivity index (χ1) is 24.2. The Morgan fingerprint density at radius 1 is 1.02 bits per heavy atom. The molecule has 0 saturated heterocycles. The van der Waals surface area contributed by atoms with Crippen LogP contribution in [0.1, 0.15) is 74.9 Å². The van der Waals surface area contributed by atoms with Crippen molar-refractivity contribution in [2.24, 2.45) is 11.3 Å². The van der Waals surface area contributed by atoms with Crippen molar-refractivity contribution in [2.75, 3.05) is 13.7 Å². The minimum Gasteiger partial charge on any atom is -0.484 e. The normalized spacial score (nSPS) is 14.1. The summed E-state index contributed by atoms with van der Waals surface area (Å²) in [6.07, 6.45) is 6.96. The number of thiazole rings is 1. The Morgan fingerprint density at radius 3 is 2.48 bits per heavy atom. The number of benzene rings is 3. The minimum atomic E-state index is -0.692. The summed E-state index contributed by atoms with van der Waals surface area (Å²) in [5, 5.41) is 2.16. The van der Waals surface area contributed by atoms with Crippen LogP contribution in [0.2, 0.25) is 0 Å². The average Bonchev–Trinajstić information content (AvgIpc) is 3.66. The fraction of sp³-hybridized carbons (Fsp3) is 0.357. The van der Waals surface area contributed by atoms with Crippen LogP contribution in [-0.2, 0) is 28.9 Å². The van der Waals surface area contributed by atoms with Crippen LogP contribution >= 0.6 is 11.3 Å². The Bertz CT molecular complexity index is 2080. The Morgan fingerprint density at radius 2 is 1.80 bits per heavy atom. The molecule has 1 atom stereocenters. The maximum Gasteiger partial charge on any atom is 0.311 e. The summed E-state index contributed by atoms with van der Waals surface area (Å²) in [6.45, 7) is 9.00. The smallest absolute Gasteiger partial charge is 0.311 e. The summed E-state index contributed by atoms with van der Waals surface area (Å²) in [5.41, 5.74) is 7.30. The number of hydrogen-bond donors (Lipinski definition) is 0. The molecule has 0 aliphatic heterocycles. The lowest BCUT2D eigenvalue weighted by Gasteiger charge is -2.28. The number of methoxy groups -OCH3 is 1. The second kappa shape index (κ2) is 14.3. The molecule has 1 fully saturated rings. The van der Waals surface area contributed by atoms with Gasteiger partial charge >= 0.3 is 5.97 Å². The molecule has 3 aromatic heterocycles. The van der Waals surface area contributed by atoms with Gasteiger partial charge in [-0.25, -0.2) is 9.97 Å². The number of aromatic nitrogens is 3. The summed E-state index contributed by atoms with van der Waals surface area (Å²) >= 11 is 1.68. The fourth-order valence-electron chi connectivity index (χ4n) is 6.92. The number of hydrogen-bond acceptors (Lipinski definition) is 7. The minimum absolute atomic E-state index is 0.169. The van der Waals surface area contributed by atoms with Gasteiger partial charge in [-0.15, -0.1) is 11.3 Å². The highest BCUT2D eigenvalue weighted by Crippen LogP contribution is 2.40. The number of para-hydroxylation sites is 1. The summed E-state index contributed by atoms with van der Waals surface area (Å²) in [7, 11) is 1.62. The van der Waals surface area contributed by atoms with Gasteiger partial charge in [0.2, 0.25) is 5.88 Å². The number of pyridine rings is 1. The van der Waals surface area contributed by atoms with Gasteiger partial charge in [-0.1, -0.05) is 55.7 Å². The van der Waals surface area contributed by atoms with Crippen molar-refractivity contribution < 1.29 is 19.0 Å². The van der Waals surface area contributed by atoms with E-state index in [1.54, 1.807) is 18.4 Å². The average molecular weight is 688 g/mol.